The molecular weight excluding hydrogens is 560 g/mol. The Morgan fingerprint density at radius 1 is 0.477 bits per heavy atom. The summed E-state index contributed by atoms with van der Waals surface area (Å²) >= 11 is 0. The molecule has 1 rings (SSSR count). The summed E-state index contributed by atoms with van der Waals surface area (Å²) < 4.78 is 0. The van der Waals surface area contributed by atoms with Crippen LogP contribution >= 0.6 is 0 Å². The Hall–Kier alpha value is -1.54. The van der Waals surface area contributed by atoms with E-state index in [1.54, 1.807) is 0 Å². The molecule has 0 radical (unpaired) electrons. The van der Waals surface area contributed by atoms with E-state index in [2.05, 4.69) is 50.0 Å². The van der Waals surface area contributed by atoms with E-state index in [-0.39, 0.29) is 34.2 Å². The monoisotopic (exact) mass is 624 g/mol. The van der Waals surface area contributed by atoms with Gasteiger partial charge in [0.05, 0.1) is 35.6 Å². The number of benzene rings is 1. The molecule has 0 aromatic heterocycles. The molecule has 0 saturated carbocycles. The minimum Gasteiger partial charge on any atom is -0.236 e. The van der Waals surface area contributed by atoms with Crippen molar-refractivity contribution in [3.8, 4) is 11.8 Å². The molecule has 0 aliphatic carbocycles. The molecule has 8 nitrogen and oxygen atoms in total. The maximum absolute atomic E-state index is 5.37. The maximum Gasteiger partial charge on any atom is 0.158 e. The van der Waals surface area contributed by atoms with Gasteiger partial charge in [-0.05, 0) is 122 Å². The van der Waals surface area contributed by atoms with Crippen molar-refractivity contribution in [1.82, 2.24) is 0 Å². The Labute approximate surface area is 269 Å². The zero-order valence-electron chi connectivity index (χ0n) is 31.1. The van der Waals surface area contributed by atoms with Gasteiger partial charge in [0.15, 0.2) is 11.2 Å². The van der Waals surface area contributed by atoms with Crippen LogP contribution in [-0.2, 0) is 39.1 Å². The molecule has 1 aromatic rings. The summed E-state index contributed by atoms with van der Waals surface area (Å²) in [4.78, 5) is 42.8. The topological polar surface area (TPSA) is 73.8 Å². The fraction of sp³-hybridized carbons (Fsp3) is 0.778. The van der Waals surface area contributed by atoms with E-state index >= 15 is 0 Å². The quantitative estimate of drug-likeness (QED) is 0.129. The lowest BCUT2D eigenvalue weighted by atomic mass is 9.95. The Morgan fingerprint density at radius 3 is 1.05 bits per heavy atom. The Morgan fingerprint density at radius 2 is 0.773 bits per heavy atom. The lowest BCUT2D eigenvalue weighted by Crippen LogP contribution is -2.32. The highest BCUT2D eigenvalue weighted by Gasteiger charge is 2.25. The first kappa shape index (κ1) is 42.5. The highest BCUT2D eigenvalue weighted by Crippen LogP contribution is 2.24. The molecule has 0 saturated heterocycles. The van der Waals surface area contributed by atoms with Gasteiger partial charge in [-0.25, -0.2) is 39.1 Å². The lowest BCUT2D eigenvalue weighted by Gasteiger charge is -2.26. The van der Waals surface area contributed by atoms with Crippen LogP contribution in [0.3, 0.4) is 0 Å². The van der Waals surface area contributed by atoms with Gasteiger partial charge in [-0.1, -0.05) is 50.0 Å². The first-order chi connectivity index (χ1) is 19.6. The van der Waals surface area contributed by atoms with Crippen molar-refractivity contribution < 1.29 is 39.1 Å². The Kier molecular flexibility index (Phi) is 16.8. The third-order valence-corrected chi connectivity index (χ3v) is 4.97. The van der Waals surface area contributed by atoms with E-state index in [9.17, 15) is 0 Å². The van der Waals surface area contributed by atoms with E-state index in [0.29, 0.717) is 13.2 Å². The molecule has 2 atom stereocenters. The molecule has 8 heteroatoms. The minimum atomic E-state index is -0.727. The second-order valence-electron chi connectivity index (χ2n) is 16.3. The van der Waals surface area contributed by atoms with Crippen LogP contribution in [0.15, 0.2) is 24.3 Å². The van der Waals surface area contributed by atoms with E-state index < -0.39 is 11.2 Å². The zero-order chi connectivity index (χ0) is 34.6. The van der Waals surface area contributed by atoms with Gasteiger partial charge < -0.3 is 0 Å². The van der Waals surface area contributed by atoms with E-state index in [0.717, 1.165) is 0 Å². The van der Waals surface area contributed by atoms with Gasteiger partial charge in [-0.3, -0.25) is 0 Å². The SMILES string of the molecule is CC(C)(C)OOC(C)(C)C#CC(C)(C)OOC(C)(C)C.CC(COOC(C)(C)C)c1cccc(C(C)COOC(C)(C)C)c1. The van der Waals surface area contributed by atoms with Crippen LogP contribution in [0.1, 0.15) is 148 Å². The third kappa shape index (κ3) is 23.8. The van der Waals surface area contributed by atoms with Gasteiger partial charge >= 0.3 is 0 Å². The van der Waals surface area contributed by atoms with Gasteiger partial charge in [0, 0.05) is 11.8 Å². The number of hydrogen-bond donors (Lipinski definition) is 0. The van der Waals surface area contributed by atoms with Crippen molar-refractivity contribution >= 4 is 0 Å². The van der Waals surface area contributed by atoms with Crippen LogP contribution in [0.2, 0.25) is 0 Å². The van der Waals surface area contributed by atoms with Crippen LogP contribution in [0.25, 0.3) is 0 Å². The molecule has 0 spiro atoms. The first-order valence-electron chi connectivity index (χ1n) is 15.6. The number of rotatable bonds is 12. The van der Waals surface area contributed by atoms with Crippen LogP contribution in [0.4, 0.5) is 0 Å². The predicted octanol–water partition coefficient (Wildman–Crippen LogP) is 9.43. The van der Waals surface area contributed by atoms with Gasteiger partial charge in [-0.2, -0.15) is 0 Å². The predicted molar refractivity (Wildman–Crippen MR) is 177 cm³/mol. The summed E-state index contributed by atoms with van der Waals surface area (Å²) in [6, 6.07) is 8.52. The van der Waals surface area contributed by atoms with Gasteiger partial charge in [-0.15, -0.1) is 0 Å². The van der Waals surface area contributed by atoms with Crippen LogP contribution in [0.5, 0.6) is 0 Å². The smallest absolute Gasteiger partial charge is 0.158 e. The minimum absolute atomic E-state index is 0.256. The lowest BCUT2D eigenvalue weighted by molar-refractivity contribution is -0.386. The highest BCUT2D eigenvalue weighted by molar-refractivity contribution is 5.28. The standard InChI is InChI=1S/C20H34O4.C16H30O4/c1-15(13-21-23-19(3,4)5)17-10-9-11-18(12-17)16(2)14-22-24-20(6,7)8;1-13(2,3)17-19-15(7,8)11-12-16(9,10)20-18-14(4,5)6/h9-12,15-16H,13-14H2,1-8H3;1-10H3. The summed E-state index contributed by atoms with van der Waals surface area (Å²) in [5.41, 5.74) is -0.324. The molecule has 256 valence electrons. The van der Waals surface area contributed by atoms with Gasteiger partial charge in [0.25, 0.3) is 0 Å². The maximum atomic E-state index is 5.37. The molecule has 1 aromatic carbocycles. The van der Waals surface area contributed by atoms with E-state index in [4.69, 9.17) is 39.1 Å². The van der Waals surface area contributed by atoms with Crippen molar-refractivity contribution in [3.05, 3.63) is 35.4 Å². The molecule has 44 heavy (non-hydrogen) atoms. The second-order valence-corrected chi connectivity index (χ2v) is 16.3. The fourth-order valence-corrected chi connectivity index (χ4v) is 2.79. The summed E-state index contributed by atoms with van der Waals surface area (Å²) in [6.07, 6.45) is 0. The molecule has 0 aliphatic heterocycles. The average Bonchev–Trinajstić information content (AvgIpc) is 2.83. The molecule has 0 fully saturated rings. The summed E-state index contributed by atoms with van der Waals surface area (Å²) in [5.74, 6) is 6.52. The molecule has 0 N–H and O–H groups in total. The van der Waals surface area contributed by atoms with Crippen molar-refractivity contribution in [2.24, 2.45) is 0 Å². The van der Waals surface area contributed by atoms with E-state index in [1.165, 1.54) is 11.1 Å². The molecular formula is C36H64O8. The molecule has 0 heterocycles. The first-order valence-corrected chi connectivity index (χ1v) is 15.6. The van der Waals surface area contributed by atoms with E-state index in [1.807, 2.05) is 111 Å². The second kappa shape index (κ2) is 17.4. The summed E-state index contributed by atoms with van der Waals surface area (Å²) in [5, 5.41) is 0. The van der Waals surface area contributed by atoms with Crippen molar-refractivity contribution in [1.29, 1.82) is 0 Å². The normalized spacial score (nSPS) is 14.7. The molecule has 0 amide bonds. The summed E-state index contributed by atoms with van der Waals surface area (Å²) in [7, 11) is 0. The number of hydrogen-bond acceptors (Lipinski definition) is 8. The highest BCUT2D eigenvalue weighted by atomic mass is 17.2. The average molecular weight is 625 g/mol. The Bertz CT molecular complexity index is 933. The van der Waals surface area contributed by atoms with Gasteiger partial charge in [0.2, 0.25) is 0 Å². The third-order valence-electron chi connectivity index (χ3n) is 4.97. The largest absolute Gasteiger partial charge is 0.236 e. The van der Waals surface area contributed by atoms with Gasteiger partial charge in [0.1, 0.15) is 0 Å². The van der Waals surface area contributed by atoms with Crippen molar-refractivity contribution in [2.75, 3.05) is 13.2 Å². The Balaban J connectivity index is 0.000000856. The zero-order valence-corrected chi connectivity index (χ0v) is 31.1. The van der Waals surface area contributed by atoms with Crippen LogP contribution in [-0.4, -0.2) is 46.8 Å². The van der Waals surface area contributed by atoms with Crippen molar-refractivity contribution in [3.63, 3.8) is 0 Å². The molecule has 0 aliphatic rings. The van der Waals surface area contributed by atoms with Crippen LogP contribution < -0.4 is 0 Å². The van der Waals surface area contributed by atoms with Crippen LogP contribution in [0, 0.1) is 11.8 Å². The van der Waals surface area contributed by atoms with Crippen molar-refractivity contribution in [2.45, 2.75) is 170 Å². The fourth-order valence-electron chi connectivity index (χ4n) is 2.79. The molecule has 2 unspecified atom stereocenters. The summed E-state index contributed by atoms with van der Waals surface area (Å²) in [6.45, 7) is 36.0. The molecule has 0 bridgehead atoms.